The predicted octanol–water partition coefficient (Wildman–Crippen LogP) is 6.55. The summed E-state index contributed by atoms with van der Waals surface area (Å²) < 4.78 is 50.1. The summed E-state index contributed by atoms with van der Waals surface area (Å²) in [7, 11) is 3.15. The molecule has 77 heavy (non-hydrogen) atoms. The second-order valence-corrected chi connectivity index (χ2v) is 18.8. The van der Waals surface area contributed by atoms with E-state index in [1.165, 1.54) is 40.3 Å². The highest BCUT2D eigenvalue weighted by atomic mass is 35.5. The van der Waals surface area contributed by atoms with Crippen LogP contribution in [0.5, 0.6) is 0 Å². The maximum Gasteiger partial charge on any atom is 0.310 e. The molecule has 22 heteroatoms. The normalized spacial score (nSPS) is 13.4. The van der Waals surface area contributed by atoms with Crippen LogP contribution in [0.25, 0.3) is 0 Å². The van der Waals surface area contributed by atoms with E-state index in [9.17, 15) is 47.1 Å². The van der Waals surface area contributed by atoms with Crippen molar-refractivity contribution in [2.24, 2.45) is 31.3 Å². The van der Waals surface area contributed by atoms with Gasteiger partial charge < -0.3 is 38.7 Å². The Bertz CT molecular complexity index is 3210. The molecule has 2 saturated heterocycles. The standard InChI is InChI=1S/C27H27FN4O6.C23H20FN3O4.C5H9ClO2/c1-7-27(12-37-13-27)32(14-38-26(36)15(2)3)25(35)23(33)21-16(4)22(31(6)17(21)5)24(34)30-19-8-9-20(28)18(10-19)11-29;1-5-23(11-31-12-23)9-18(28)21(29)19-13(2)20(27(4)14(19)3)22(30)26-16-6-7-17(24)15(8-16)10-25;1-4(2)5(7)8-3-6/h1,8-10,15H,12-14H2,2-6H3,(H,30,34);1,6-8H,9,11-12H2,2-4H3,(H,26,30);4H,3H2,1-2H3. The van der Waals surface area contributed by atoms with Gasteiger partial charge in [0, 0.05) is 43.3 Å². The van der Waals surface area contributed by atoms with Gasteiger partial charge in [-0.1, -0.05) is 51.1 Å². The van der Waals surface area contributed by atoms with Crippen molar-refractivity contribution in [1.29, 1.82) is 10.5 Å². The van der Waals surface area contributed by atoms with Crippen LogP contribution in [-0.2, 0) is 52.2 Å². The Morgan fingerprint density at radius 2 is 1.14 bits per heavy atom. The Hall–Kier alpha value is -8.47. The number of nitrogens with one attached hydrogen (secondary N) is 2. The van der Waals surface area contributed by atoms with E-state index >= 15 is 0 Å². The van der Waals surface area contributed by atoms with Crippen molar-refractivity contribution < 1.29 is 66.1 Å². The lowest BCUT2D eigenvalue weighted by atomic mass is 9.80. The lowest BCUT2D eigenvalue weighted by Crippen LogP contribution is -2.65. The highest BCUT2D eigenvalue weighted by Gasteiger charge is 2.48. The van der Waals surface area contributed by atoms with Gasteiger partial charge in [-0.15, -0.1) is 12.8 Å². The molecule has 2 aliphatic heterocycles. The third-order valence-corrected chi connectivity index (χ3v) is 12.7. The fourth-order valence-corrected chi connectivity index (χ4v) is 7.98. The predicted molar refractivity (Wildman–Crippen MR) is 275 cm³/mol. The van der Waals surface area contributed by atoms with Crippen LogP contribution in [0.2, 0.25) is 0 Å². The molecule has 0 aliphatic carbocycles. The second kappa shape index (κ2) is 25.9. The maximum absolute atomic E-state index is 13.7. The van der Waals surface area contributed by atoms with E-state index in [0.717, 1.165) is 17.0 Å². The van der Waals surface area contributed by atoms with Crippen LogP contribution in [0.1, 0.15) is 109 Å². The maximum atomic E-state index is 13.7. The first-order valence-corrected chi connectivity index (χ1v) is 24.0. The van der Waals surface area contributed by atoms with Gasteiger partial charge in [-0.2, -0.15) is 10.5 Å². The van der Waals surface area contributed by atoms with Crippen LogP contribution in [0.15, 0.2) is 36.4 Å². The van der Waals surface area contributed by atoms with E-state index < -0.39 is 76.3 Å². The average molecular weight is 1080 g/mol. The first-order chi connectivity index (χ1) is 36.2. The number of ether oxygens (including phenoxy) is 4. The first kappa shape index (κ1) is 61.1. The zero-order valence-electron chi connectivity index (χ0n) is 44.0. The zero-order chi connectivity index (χ0) is 57.9. The molecule has 4 aromatic rings. The van der Waals surface area contributed by atoms with Gasteiger partial charge in [0.25, 0.3) is 23.5 Å². The van der Waals surface area contributed by atoms with Crippen molar-refractivity contribution in [2.45, 2.75) is 67.3 Å². The number of anilines is 2. The van der Waals surface area contributed by atoms with E-state index in [1.807, 2.05) is 0 Å². The number of benzene rings is 2. The summed E-state index contributed by atoms with van der Waals surface area (Å²) in [5, 5.41) is 23.2. The summed E-state index contributed by atoms with van der Waals surface area (Å²) in [6.07, 6.45) is 11.0. The van der Waals surface area contributed by atoms with Gasteiger partial charge in [-0.05, 0) is 75.2 Å². The van der Waals surface area contributed by atoms with Crippen LogP contribution in [0, 0.1) is 104 Å². The van der Waals surface area contributed by atoms with Gasteiger partial charge in [0.2, 0.25) is 11.6 Å². The van der Waals surface area contributed by atoms with Crippen molar-refractivity contribution in [3.63, 3.8) is 0 Å². The lowest BCUT2D eigenvalue weighted by molar-refractivity contribution is -0.174. The smallest absolute Gasteiger partial charge is 0.310 e. The van der Waals surface area contributed by atoms with Gasteiger partial charge in [0.05, 0.1) is 65.9 Å². The van der Waals surface area contributed by atoms with Gasteiger partial charge in [-0.3, -0.25) is 43.3 Å². The number of aromatic nitrogens is 2. The molecule has 0 spiro atoms. The molecule has 2 aromatic carbocycles. The molecule has 0 radical (unpaired) electrons. The molecule has 2 aliphatic rings. The number of esters is 2. The van der Waals surface area contributed by atoms with Gasteiger partial charge in [0.1, 0.15) is 35.2 Å². The number of amides is 3. The van der Waals surface area contributed by atoms with E-state index in [-0.39, 0.29) is 101 Å². The topological polar surface area (TPSA) is 258 Å². The number of hydrogen-bond donors (Lipinski definition) is 2. The number of nitriles is 2. The quantitative estimate of drug-likeness (QED) is 0.0301. The van der Waals surface area contributed by atoms with Gasteiger partial charge >= 0.3 is 11.9 Å². The van der Waals surface area contributed by atoms with Crippen molar-refractivity contribution in [2.75, 3.05) is 49.9 Å². The minimum absolute atomic E-state index is 0.00734. The number of rotatable bonds is 16. The molecule has 404 valence electrons. The summed E-state index contributed by atoms with van der Waals surface area (Å²) in [5.74, 6) is -2.26. The number of terminal acetylenes is 2. The zero-order valence-corrected chi connectivity index (χ0v) is 44.7. The van der Waals surface area contributed by atoms with Crippen molar-refractivity contribution >= 4 is 70.0 Å². The molecular formula is C55H56ClF2N7O12. The molecule has 0 saturated carbocycles. The fraction of sp³-hybridized carbons (Fsp3) is 0.382. The van der Waals surface area contributed by atoms with Crippen LogP contribution in [0.3, 0.4) is 0 Å². The molecule has 0 bridgehead atoms. The molecule has 6 rings (SSSR count). The summed E-state index contributed by atoms with van der Waals surface area (Å²) in [6.45, 7) is 12.9. The molecule has 2 fully saturated rings. The van der Waals surface area contributed by atoms with E-state index in [0.29, 0.717) is 17.0 Å². The van der Waals surface area contributed by atoms with E-state index in [1.54, 1.807) is 74.7 Å². The van der Waals surface area contributed by atoms with Crippen LogP contribution in [0.4, 0.5) is 20.2 Å². The summed E-state index contributed by atoms with van der Waals surface area (Å²) in [5.41, 5.74) is -0.306. The molecule has 4 heterocycles. The molecule has 2 aromatic heterocycles. The number of halogens is 3. The Morgan fingerprint density at radius 1 is 0.714 bits per heavy atom. The Labute approximate surface area is 448 Å². The number of carbonyl (C=O) groups excluding carboxylic acids is 8. The molecule has 19 nitrogen and oxygen atoms in total. The average Bonchev–Trinajstić information content (AvgIpc) is 3.74. The van der Waals surface area contributed by atoms with Gasteiger partial charge in [-0.25, -0.2) is 8.78 Å². The molecular weight excluding hydrogens is 1020 g/mol. The largest absolute Gasteiger partial charge is 0.449 e. The van der Waals surface area contributed by atoms with E-state index in [2.05, 4.69) is 27.2 Å². The number of nitrogens with zero attached hydrogens (tertiary/aromatic N) is 5. The number of ketones is 3. The number of Topliss-reactive ketones (excluding diaryl/α,β-unsaturated/α-hetero) is 3. The summed E-state index contributed by atoms with van der Waals surface area (Å²) in [6, 6.07) is 10.5. The number of alkyl halides is 1. The third kappa shape index (κ3) is 13.5. The lowest BCUT2D eigenvalue weighted by Gasteiger charge is -2.44. The van der Waals surface area contributed by atoms with Gasteiger partial charge in [0.15, 0.2) is 18.3 Å². The Balaban J connectivity index is 0.000000295. The van der Waals surface area contributed by atoms with Crippen LogP contribution in [-0.4, -0.2) is 106 Å². The van der Waals surface area contributed by atoms with E-state index in [4.69, 9.17) is 49.2 Å². The molecule has 0 atom stereocenters. The first-order valence-electron chi connectivity index (χ1n) is 23.5. The highest BCUT2D eigenvalue weighted by molar-refractivity contribution is 6.45. The second-order valence-electron chi connectivity index (χ2n) is 18.6. The molecule has 0 unspecified atom stereocenters. The SMILES string of the molecule is C#CC1(CC(=O)C(=O)c2c(C)c(C(=O)Nc3ccc(F)c(C#N)c3)n(C)c2C)COC1.C#CC1(N(COC(=O)C(C)C)C(=O)C(=O)c2c(C)c(C(=O)Nc3ccc(F)c(C#N)c3)n(C)c2C)COC1.CC(C)C(=O)OCCl. The monoisotopic (exact) mass is 1080 g/mol. The Morgan fingerprint density at radius 3 is 1.48 bits per heavy atom. The molecule has 3 amide bonds. The highest BCUT2D eigenvalue weighted by Crippen LogP contribution is 2.33. The van der Waals surface area contributed by atoms with Crippen molar-refractivity contribution in [1.82, 2.24) is 14.0 Å². The third-order valence-electron chi connectivity index (χ3n) is 12.6. The van der Waals surface area contributed by atoms with Crippen LogP contribution < -0.4 is 10.6 Å². The minimum atomic E-state index is -1.26. The molecule has 2 N–H and O–H groups in total. The summed E-state index contributed by atoms with van der Waals surface area (Å²) >= 11 is 5.10. The minimum Gasteiger partial charge on any atom is -0.449 e. The van der Waals surface area contributed by atoms with Crippen molar-refractivity contribution in [3.05, 3.63) is 104 Å². The number of carbonyl (C=O) groups is 8. The fourth-order valence-electron chi connectivity index (χ4n) is 7.87. The van der Waals surface area contributed by atoms with Crippen LogP contribution >= 0.6 is 11.6 Å². The number of hydrogen-bond acceptors (Lipinski definition) is 14. The summed E-state index contributed by atoms with van der Waals surface area (Å²) in [4.78, 5) is 102. The van der Waals surface area contributed by atoms with Crippen molar-refractivity contribution in [3.8, 4) is 36.8 Å². The Kier molecular flexibility index (Phi) is 20.5.